The van der Waals surface area contributed by atoms with E-state index in [0.29, 0.717) is 0 Å². The van der Waals surface area contributed by atoms with E-state index in [2.05, 4.69) is 44.8 Å². The summed E-state index contributed by atoms with van der Waals surface area (Å²) in [7, 11) is 6.62. The molecular weight excluding hydrogens is 148 g/mol. The minimum atomic E-state index is 0.744. The number of hydrogen-bond donors (Lipinski definition) is 0. The minimum absolute atomic E-state index is 0.744. The molecule has 0 aromatic heterocycles. The largest absolute Gasteiger partial charge is 0.306 e. The maximum absolute atomic E-state index is 2.46. The van der Waals surface area contributed by atoms with E-state index in [1.807, 2.05) is 0 Å². The molecule has 1 aliphatic rings. The number of hydrogen-bond acceptors (Lipinski definition) is 2. The van der Waals surface area contributed by atoms with Gasteiger partial charge in [-0.2, -0.15) is 0 Å². The molecule has 0 aliphatic carbocycles. The number of likely N-dealkylation sites (tertiary alicyclic amines) is 1. The lowest BCUT2D eigenvalue weighted by Gasteiger charge is -2.42. The first-order valence-corrected chi connectivity index (χ1v) is 4.89. The summed E-state index contributed by atoms with van der Waals surface area (Å²) in [5.41, 5.74) is 0. The summed E-state index contributed by atoms with van der Waals surface area (Å²) in [5, 5.41) is 0. The predicted molar refractivity (Wildman–Crippen MR) is 53.3 cm³/mol. The Morgan fingerprint density at radius 2 is 1.83 bits per heavy atom. The van der Waals surface area contributed by atoms with Crippen molar-refractivity contribution in [1.82, 2.24) is 9.80 Å². The van der Waals surface area contributed by atoms with Crippen molar-refractivity contribution in [1.29, 1.82) is 0 Å². The molecular formula is C10H22N2. The van der Waals surface area contributed by atoms with E-state index in [-0.39, 0.29) is 0 Å². The molecule has 1 saturated heterocycles. The Hall–Kier alpha value is -0.0800. The van der Waals surface area contributed by atoms with Gasteiger partial charge in [0, 0.05) is 18.6 Å². The van der Waals surface area contributed by atoms with Crippen molar-refractivity contribution in [3.8, 4) is 0 Å². The number of piperidine rings is 1. The molecule has 0 saturated carbocycles. The summed E-state index contributed by atoms with van der Waals surface area (Å²) in [6.45, 7) is 5.92. The molecule has 1 rings (SSSR count). The Balaban J connectivity index is 2.55. The Morgan fingerprint density at radius 3 is 2.33 bits per heavy atom. The van der Waals surface area contributed by atoms with Crippen LogP contribution >= 0.6 is 0 Å². The topological polar surface area (TPSA) is 6.48 Å². The molecule has 0 radical (unpaired) electrons. The zero-order valence-electron chi connectivity index (χ0n) is 9.04. The molecule has 0 amide bonds. The van der Waals surface area contributed by atoms with E-state index in [0.717, 1.165) is 18.0 Å². The summed E-state index contributed by atoms with van der Waals surface area (Å²) in [6, 6.07) is 1.52. The van der Waals surface area contributed by atoms with Crippen LogP contribution in [0.3, 0.4) is 0 Å². The molecule has 1 heterocycles. The Kier molecular flexibility index (Phi) is 3.13. The van der Waals surface area contributed by atoms with E-state index in [1.54, 1.807) is 0 Å². The van der Waals surface area contributed by atoms with Gasteiger partial charge in [0.15, 0.2) is 0 Å². The van der Waals surface area contributed by atoms with Crippen molar-refractivity contribution in [3.63, 3.8) is 0 Å². The minimum Gasteiger partial charge on any atom is -0.306 e. The third-order valence-corrected chi connectivity index (χ3v) is 3.23. The molecule has 2 unspecified atom stereocenters. The average Bonchev–Trinajstić information content (AvgIpc) is 1.96. The van der Waals surface area contributed by atoms with Crippen LogP contribution in [-0.4, -0.2) is 49.6 Å². The van der Waals surface area contributed by atoms with Crippen LogP contribution in [-0.2, 0) is 0 Å². The van der Waals surface area contributed by atoms with Gasteiger partial charge in [-0.25, -0.2) is 0 Å². The van der Waals surface area contributed by atoms with E-state index in [9.17, 15) is 0 Å². The van der Waals surface area contributed by atoms with Crippen LogP contribution < -0.4 is 0 Å². The molecule has 0 aromatic carbocycles. The van der Waals surface area contributed by atoms with E-state index in [4.69, 9.17) is 0 Å². The molecule has 1 aliphatic heterocycles. The molecule has 0 aromatic rings. The summed E-state index contributed by atoms with van der Waals surface area (Å²) < 4.78 is 0. The average molecular weight is 170 g/mol. The third kappa shape index (κ3) is 1.99. The number of nitrogens with zero attached hydrogens (tertiary/aromatic N) is 2. The SMILES string of the molecule is CC1CN(C)[C@H](C)CC1N(C)C. The van der Waals surface area contributed by atoms with Crippen molar-refractivity contribution in [3.05, 3.63) is 0 Å². The van der Waals surface area contributed by atoms with Crippen LogP contribution in [0.15, 0.2) is 0 Å². The van der Waals surface area contributed by atoms with E-state index < -0.39 is 0 Å². The molecule has 2 heteroatoms. The highest BCUT2D eigenvalue weighted by Crippen LogP contribution is 2.23. The van der Waals surface area contributed by atoms with Crippen molar-refractivity contribution < 1.29 is 0 Å². The highest BCUT2D eigenvalue weighted by Gasteiger charge is 2.29. The van der Waals surface area contributed by atoms with Crippen molar-refractivity contribution in [2.24, 2.45) is 5.92 Å². The smallest absolute Gasteiger partial charge is 0.0142 e. The Morgan fingerprint density at radius 1 is 1.25 bits per heavy atom. The predicted octanol–water partition coefficient (Wildman–Crippen LogP) is 1.28. The summed E-state index contributed by atoms with van der Waals surface area (Å²) in [4.78, 5) is 4.83. The summed E-state index contributed by atoms with van der Waals surface area (Å²) in [6.07, 6.45) is 1.31. The first-order valence-electron chi connectivity index (χ1n) is 4.89. The normalized spacial score (nSPS) is 39.0. The fourth-order valence-electron chi connectivity index (χ4n) is 2.24. The van der Waals surface area contributed by atoms with Gasteiger partial charge >= 0.3 is 0 Å². The van der Waals surface area contributed by atoms with Crippen LogP contribution in [0.2, 0.25) is 0 Å². The fourth-order valence-corrected chi connectivity index (χ4v) is 2.24. The van der Waals surface area contributed by atoms with Gasteiger partial charge in [0.05, 0.1) is 0 Å². The molecule has 2 nitrogen and oxygen atoms in total. The Bertz CT molecular complexity index is 145. The van der Waals surface area contributed by atoms with E-state index in [1.165, 1.54) is 13.0 Å². The first kappa shape index (κ1) is 10.0. The fraction of sp³-hybridized carbons (Fsp3) is 1.00. The quantitative estimate of drug-likeness (QED) is 0.585. The van der Waals surface area contributed by atoms with Crippen molar-refractivity contribution in [2.45, 2.75) is 32.4 Å². The van der Waals surface area contributed by atoms with Crippen molar-refractivity contribution in [2.75, 3.05) is 27.7 Å². The zero-order valence-corrected chi connectivity index (χ0v) is 9.04. The van der Waals surface area contributed by atoms with Crippen LogP contribution in [0.25, 0.3) is 0 Å². The highest BCUT2D eigenvalue weighted by molar-refractivity contribution is 4.85. The maximum Gasteiger partial charge on any atom is 0.0142 e. The third-order valence-electron chi connectivity index (χ3n) is 3.23. The van der Waals surface area contributed by atoms with Gasteiger partial charge in [0.25, 0.3) is 0 Å². The molecule has 12 heavy (non-hydrogen) atoms. The van der Waals surface area contributed by atoms with Crippen LogP contribution in [0.5, 0.6) is 0 Å². The zero-order chi connectivity index (χ0) is 9.30. The first-order chi connectivity index (χ1) is 5.52. The van der Waals surface area contributed by atoms with Gasteiger partial charge < -0.3 is 9.80 Å². The molecule has 1 fully saturated rings. The lowest BCUT2D eigenvalue weighted by Crippen LogP contribution is -2.50. The lowest BCUT2D eigenvalue weighted by molar-refractivity contribution is 0.0726. The maximum atomic E-state index is 2.46. The molecule has 0 N–H and O–H groups in total. The van der Waals surface area contributed by atoms with Crippen LogP contribution in [0.4, 0.5) is 0 Å². The van der Waals surface area contributed by atoms with Gasteiger partial charge in [-0.05, 0) is 40.4 Å². The summed E-state index contributed by atoms with van der Waals surface area (Å²) >= 11 is 0. The molecule has 0 spiro atoms. The molecule has 3 atom stereocenters. The second kappa shape index (κ2) is 3.75. The van der Waals surface area contributed by atoms with Crippen molar-refractivity contribution >= 4 is 0 Å². The summed E-state index contributed by atoms with van der Waals surface area (Å²) in [5.74, 6) is 0.807. The number of rotatable bonds is 1. The van der Waals surface area contributed by atoms with Gasteiger partial charge in [-0.3, -0.25) is 0 Å². The van der Waals surface area contributed by atoms with Crippen LogP contribution in [0.1, 0.15) is 20.3 Å². The monoisotopic (exact) mass is 170 g/mol. The molecule has 72 valence electrons. The highest BCUT2D eigenvalue weighted by atomic mass is 15.2. The van der Waals surface area contributed by atoms with Gasteiger partial charge in [0.1, 0.15) is 0 Å². The van der Waals surface area contributed by atoms with Gasteiger partial charge in [0.2, 0.25) is 0 Å². The van der Waals surface area contributed by atoms with E-state index >= 15 is 0 Å². The lowest BCUT2D eigenvalue weighted by atomic mass is 9.89. The second-order valence-electron chi connectivity index (χ2n) is 4.53. The van der Waals surface area contributed by atoms with Gasteiger partial charge in [-0.1, -0.05) is 6.92 Å². The van der Waals surface area contributed by atoms with Crippen LogP contribution in [0, 0.1) is 5.92 Å². The molecule has 0 bridgehead atoms. The Labute approximate surface area is 76.5 Å². The second-order valence-corrected chi connectivity index (χ2v) is 4.53. The standard InChI is InChI=1S/C10H22N2/c1-8-7-12(5)9(2)6-10(8)11(3)4/h8-10H,6-7H2,1-5H3/t8?,9-,10?/m1/s1. The van der Waals surface area contributed by atoms with Gasteiger partial charge in [-0.15, -0.1) is 0 Å².